The zero-order chi connectivity index (χ0) is 21.7. The predicted molar refractivity (Wildman–Crippen MR) is 106 cm³/mol. The lowest BCUT2D eigenvalue weighted by atomic mass is 10.1. The molecule has 4 rings (SSSR count). The minimum absolute atomic E-state index is 0.0479. The van der Waals surface area contributed by atoms with E-state index >= 15 is 0 Å². The van der Waals surface area contributed by atoms with Crippen LogP contribution in [0.1, 0.15) is 16.8 Å². The third kappa shape index (κ3) is 3.14. The predicted octanol–water partition coefficient (Wildman–Crippen LogP) is 2.23. The molecule has 2 aromatic carbocycles. The Bertz CT molecular complexity index is 1260. The highest BCUT2D eigenvalue weighted by molar-refractivity contribution is 5.94. The van der Waals surface area contributed by atoms with Gasteiger partial charge in [0.2, 0.25) is 5.43 Å². The molecule has 1 aromatic heterocycles. The van der Waals surface area contributed by atoms with E-state index in [2.05, 4.69) is 0 Å². The Hall–Kier alpha value is -3.53. The molecule has 10 heteroatoms. The van der Waals surface area contributed by atoms with Gasteiger partial charge in [-0.1, -0.05) is 0 Å². The lowest BCUT2D eigenvalue weighted by Gasteiger charge is -2.21. The lowest BCUT2D eigenvalue weighted by Crippen LogP contribution is -2.27. The van der Waals surface area contributed by atoms with E-state index in [0.29, 0.717) is 25.6 Å². The number of nitrogens with zero attached hydrogens (tertiary/aromatic N) is 2. The number of pyridine rings is 1. The molecular formula is C20H17F3N4O3. The van der Waals surface area contributed by atoms with E-state index in [-0.39, 0.29) is 34.0 Å². The number of benzene rings is 2. The maximum atomic E-state index is 14.8. The highest BCUT2D eigenvalue weighted by atomic mass is 19.1. The summed E-state index contributed by atoms with van der Waals surface area (Å²) in [4.78, 5) is 25.9. The standard InChI is InChI=1S/C20H17F3N4O3/c21-12-4-14(23)18(5-15(12)25)27-8-11(20(29)30)19(28)10-3-13(22)17(6-16(10)27)26-2-1-9(24)7-26/h3-6,8-9H,1-2,7,24-25H2,(H,29,30). The normalized spacial score (nSPS) is 16.4. The third-order valence-corrected chi connectivity index (χ3v) is 5.19. The molecule has 5 N–H and O–H groups in total. The van der Waals surface area contributed by atoms with Gasteiger partial charge in [-0.05, 0) is 24.6 Å². The number of aromatic nitrogens is 1. The summed E-state index contributed by atoms with van der Waals surface area (Å²) in [6.07, 6.45) is 1.56. The molecular weight excluding hydrogens is 401 g/mol. The molecule has 156 valence electrons. The number of carboxylic acid groups (broad SMARTS) is 1. The molecule has 1 unspecified atom stereocenters. The second kappa shape index (κ2) is 7.06. The Morgan fingerprint density at radius 2 is 1.77 bits per heavy atom. The number of hydrogen-bond donors (Lipinski definition) is 3. The van der Waals surface area contributed by atoms with E-state index < -0.39 is 34.4 Å². The van der Waals surface area contributed by atoms with Crippen molar-refractivity contribution in [3.63, 3.8) is 0 Å². The Labute approximate surface area is 167 Å². The van der Waals surface area contributed by atoms with Gasteiger partial charge in [0.25, 0.3) is 0 Å². The van der Waals surface area contributed by atoms with E-state index in [9.17, 15) is 27.9 Å². The second-order valence-electron chi connectivity index (χ2n) is 7.19. The van der Waals surface area contributed by atoms with Gasteiger partial charge in [0, 0.05) is 36.8 Å². The summed E-state index contributed by atoms with van der Waals surface area (Å²) in [5.74, 6) is -4.32. The van der Waals surface area contributed by atoms with E-state index in [0.717, 1.165) is 22.9 Å². The van der Waals surface area contributed by atoms with Gasteiger partial charge in [-0.25, -0.2) is 18.0 Å². The first-order chi connectivity index (χ1) is 14.2. The van der Waals surface area contributed by atoms with Crippen molar-refractivity contribution >= 4 is 28.2 Å². The number of hydrogen-bond acceptors (Lipinski definition) is 5. The fraction of sp³-hybridized carbons (Fsp3) is 0.200. The molecule has 0 saturated carbocycles. The fourth-order valence-corrected chi connectivity index (χ4v) is 3.67. The molecule has 30 heavy (non-hydrogen) atoms. The SMILES string of the molecule is Nc1cc(-n2cc(C(=O)O)c(=O)c3cc(F)c(N4CCC(N)C4)cc32)c(F)cc1F. The van der Waals surface area contributed by atoms with Crippen LogP contribution in [-0.2, 0) is 0 Å². The number of nitrogen functional groups attached to an aromatic ring is 1. The number of aromatic carboxylic acids is 1. The van der Waals surface area contributed by atoms with Crippen LogP contribution in [0.4, 0.5) is 24.5 Å². The van der Waals surface area contributed by atoms with Gasteiger partial charge in [-0.3, -0.25) is 4.79 Å². The summed E-state index contributed by atoms with van der Waals surface area (Å²) in [5, 5.41) is 9.12. The Kier molecular flexibility index (Phi) is 4.65. The molecule has 1 atom stereocenters. The molecule has 0 amide bonds. The van der Waals surface area contributed by atoms with Crippen LogP contribution in [0, 0.1) is 17.5 Å². The van der Waals surface area contributed by atoms with Crippen molar-refractivity contribution in [2.45, 2.75) is 12.5 Å². The van der Waals surface area contributed by atoms with Gasteiger partial charge in [0.1, 0.15) is 23.0 Å². The number of fused-ring (bicyclic) bond motifs is 1. The summed E-state index contributed by atoms with van der Waals surface area (Å²) in [7, 11) is 0. The van der Waals surface area contributed by atoms with Gasteiger partial charge < -0.3 is 26.0 Å². The molecule has 1 saturated heterocycles. The largest absolute Gasteiger partial charge is 0.477 e. The smallest absolute Gasteiger partial charge is 0.341 e. The van der Waals surface area contributed by atoms with Gasteiger partial charge >= 0.3 is 5.97 Å². The van der Waals surface area contributed by atoms with Gasteiger partial charge in [-0.2, -0.15) is 0 Å². The zero-order valence-corrected chi connectivity index (χ0v) is 15.5. The van der Waals surface area contributed by atoms with Gasteiger partial charge in [0.05, 0.1) is 22.6 Å². The molecule has 7 nitrogen and oxygen atoms in total. The first kappa shape index (κ1) is 19.8. The summed E-state index contributed by atoms with van der Waals surface area (Å²) >= 11 is 0. The van der Waals surface area contributed by atoms with Crippen molar-refractivity contribution in [3.8, 4) is 5.69 Å². The average Bonchev–Trinajstić information content (AvgIpc) is 3.11. The highest BCUT2D eigenvalue weighted by Gasteiger charge is 2.25. The van der Waals surface area contributed by atoms with Crippen LogP contribution in [0.3, 0.4) is 0 Å². The maximum Gasteiger partial charge on any atom is 0.341 e. The number of carbonyl (C=O) groups is 1. The summed E-state index contributed by atoms with van der Waals surface area (Å²) in [6.45, 7) is 0.872. The molecule has 1 fully saturated rings. The van der Waals surface area contributed by atoms with Crippen molar-refractivity contribution in [1.29, 1.82) is 0 Å². The van der Waals surface area contributed by atoms with E-state index in [1.807, 2.05) is 0 Å². The molecule has 0 bridgehead atoms. The Balaban J connectivity index is 2.07. The fourth-order valence-electron chi connectivity index (χ4n) is 3.67. The molecule has 1 aliphatic heterocycles. The van der Waals surface area contributed by atoms with E-state index in [4.69, 9.17) is 11.5 Å². The van der Waals surface area contributed by atoms with Crippen LogP contribution in [0.15, 0.2) is 35.3 Å². The van der Waals surface area contributed by atoms with E-state index in [1.165, 1.54) is 6.07 Å². The Morgan fingerprint density at radius 1 is 1.07 bits per heavy atom. The van der Waals surface area contributed by atoms with Crippen LogP contribution < -0.4 is 21.8 Å². The molecule has 2 heterocycles. The monoisotopic (exact) mass is 418 g/mol. The number of carboxylic acids is 1. The first-order valence-electron chi connectivity index (χ1n) is 9.05. The van der Waals surface area contributed by atoms with Crippen molar-refractivity contribution in [2.75, 3.05) is 23.7 Å². The van der Waals surface area contributed by atoms with Crippen LogP contribution in [-0.4, -0.2) is 34.8 Å². The molecule has 1 aliphatic rings. The molecule has 3 aromatic rings. The summed E-state index contributed by atoms with van der Waals surface area (Å²) < 4.78 is 44.1. The molecule has 0 aliphatic carbocycles. The average molecular weight is 418 g/mol. The first-order valence-corrected chi connectivity index (χ1v) is 9.05. The van der Waals surface area contributed by atoms with E-state index in [1.54, 1.807) is 4.90 Å². The molecule has 0 spiro atoms. The lowest BCUT2D eigenvalue weighted by molar-refractivity contribution is 0.0695. The highest BCUT2D eigenvalue weighted by Crippen LogP contribution is 2.30. The number of halogens is 3. The third-order valence-electron chi connectivity index (χ3n) is 5.19. The Morgan fingerprint density at radius 3 is 2.40 bits per heavy atom. The molecule has 0 radical (unpaired) electrons. The summed E-state index contributed by atoms with van der Waals surface area (Å²) in [6, 6.07) is 3.64. The zero-order valence-electron chi connectivity index (χ0n) is 15.5. The topological polar surface area (TPSA) is 115 Å². The van der Waals surface area contributed by atoms with Gasteiger partial charge in [-0.15, -0.1) is 0 Å². The number of rotatable bonds is 3. The second-order valence-corrected chi connectivity index (χ2v) is 7.19. The van der Waals surface area contributed by atoms with Crippen molar-refractivity contribution in [3.05, 3.63) is 63.7 Å². The van der Waals surface area contributed by atoms with Crippen molar-refractivity contribution < 1.29 is 23.1 Å². The van der Waals surface area contributed by atoms with Crippen LogP contribution in [0.5, 0.6) is 0 Å². The van der Waals surface area contributed by atoms with Crippen LogP contribution in [0.25, 0.3) is 16.6 Å². The number of anilines is 2. The minimum Gasteiger partial charge on any atom is -0.477 e. The quantitative estimate of drug-likeness (QED) is 0.562. The van der Waals surface area contributed by atoms with Crippen molar-refractivity contribution in [2.24, 2.45) is 5.73 Å². The maximum absolute atomic E-state index is 14.8. The van der Waals surface area contributed by atoms with Crippen molar-refractivity contribution in [1.82, 2.24) is 4.57 Å². The van der Waals surface area contributed by atoms with Crippen LogP contribution in [0.2, 0.25) is 0 Å². The summed E-state index contributed by atoms with van der Waals surface area (Å²) in [5.41, 5.74) is 9.36. The van der Waals surface area contributed by atoms with Gasteiger partial charge in [0.15, 0.2) is 0 Å². The number of nitrogens with two attached hydrogens (primary N) is 2. The minimum atomic E-state index is -1.57. The van der Waals surface area contributed by atoms with Crippen LogP contribution >= 0.6 is 0 Å².